The summed E-state index contributed by atoms with van der Waals surface area (Å²) >= 11 is 0. The van der Waals surface area contributed by atoms with Crippen molar-refractivity contribution >= 4 is 6.09 Å². The predicted octanol–water partition coefficient (Wildman–Crippen LogP) is 5.87. The lowest BCUT2D eigenvalue weighted by Gasteiger charge is -2.40. The van der Waals surface area contributed by atoms with Crippen molar-refractivity contribution in [2.24, 2.45) is 11.1 Å². The maximum atomic E-state index is 13.7. The molecule has 198 valence electrons. The molecule has 0 radical (unpaired) electrons. The number of amides is 1. The van der Waals surface area contributed by atoms with E-state index in [4.69, 9.17) is 15.6 Å². The van der Waals surface area contributed by atoms with Gasteiger partial charge in [0.25, 0.3) is 0 Å². The maximum Gasteiger partial charge on any atom is 0.429 e. The number of hydroxylamine groups is 2. The number of hydrogen-bond donors (Lipinski definition) is 1. The van der Waals surface area contributed by atoms with Crippen LogP contribution in [0.1, 0.15) is 63.9 Å². The van der Waals surface area contributed by atoms with Gasteiger partial charge in [-0.1, -0.05) is 87.9 Å². The lowest BCUT2D eigenvalue weighted by Crippen LogP contribution is -2.46. The number of piperidine rings is 1. The Morgan fingerprint density at radius 1 is 1.03 bits per heavy atom. The molecule has 0 saturated carbocycles. The van der Waals surface area contributed by atoms with Crippen LogP contribution >= 0.6 is 0 Å². The van der Waals surface area contributed by atoms with Crippen molar-refractivity contribution in [2.45, 2.75) is 59.0 Å². The lowest BCUT2D eigenvalue weighted by molar-refractivity contribution is -0.129. The summed E-state index contributed by atoms with van der Waals surface area (Å²) in [4.78, 5) is 26.7. The number of nitrogens with zero attached hydrogens (tertiary/aromatic N) is 4. The molecule has 2 aromatic carbocycles. The second kappa shape index (κ2) is 12.4. The van der Waals surface area contributed by atoms with Crippen LogP contribution in [0, 0.1) is 5.41 Å². The number of nitrogens with two attached hydrogens (primary N) is 1. The molecule has 4 rings (SSSR count). The third-order valence-electron chi connectivity index (χ3n) is 6.81. The van der Waals surface area contributed by atoms with Crippen LogP contribution in [0.3, 0.4) is 0 Å². The minimum atomic E-state index is -0.328. The number of benzene rings is 2. The van der Waals surface area contributed by atoms with E-state index in [9.17, 15) is 4.79 Å². The summed E-state index contributed by atoms with van der Waals surface area (Å²) in [6, 6.07) is 20.3. The predicted molar refractivity (Wildman–Crippen MR) is 148 cm³/mol. The summed E-state index contributed by atoms with van der Waals surface area (Å²) in [5, 5.41) is 1.81. The number of aromatic nitrogens is 2. The normalized spacial score (nSPS) is 15.4. The van der Waals surface area contributed by atoms with Gasteiger partial charge in [-0.05, 0) is 36.8 Å². The molecule has 1 aliphatic heterocycles. The first-order chi connectivity index (χ1) is 17.9. The van der Waals surface area contributed by atoms with Crippen LogP contribution in [0.25, 0.3) is 11.3 Å². The van der Waals surface area contributed by atoms with Crippen molar-refractivity contribution in [3.05, 3.63) is 78.2 Å². The average molecular weight is 504 g/mol. The van der Waals surface area contributed by atoms with Gasteiger partial charge < -0.3 is 15.1 Å². The van der Waals surface area contributed by atoms with E-state index in [1.54, 1.807) is 0 Å². The molecule has 7 heteroatoms. The number of rotatable bonds is 9. The summed E-state index contributed by atoms with van der Waals surface area (Å²) < 4.78 is 2.19. The third kappa shape index (κ3) is 6.99. The molecule has 0 aliphatic carbocycles. The fourth-order valence-electron chi connectivity index (χ4n) is 5.00. The monoisotopic (exact) mass is 503 g/mol. The Labute approximate surface area is 221 Å². The van der Waals surface area contributed by atoms with Gasteiger partial charge in [0.1, 0.15) is 5.82 Å². The Balaban J connectivity index is 1.76. The Kier molecular flexibility index (Phi) is 9.00. The molecular weight excluding hydrogens is 462 g/mol. The summed E-state index contributed by atoms with van der Waals surface area (Å²) in [6.45, 7) is 9.69. The SMILES string of the molecule is CC(C)(C)[C@H](c1nc(-c2ccccc2)cn1Cc1ccccc1)N(CCCN)C(=O)ON1CCCCC1. The molecular formula is C30H41N5O2. The Bertz CT molecular complexity index is 1120. The minimum Gasteiger partial charge on any atom is -0.351 e. The minimum absolute atomic E-state index is 0.302. The highest BCUT2D eigenvalue weighted by atomic mass is 16.7. The van der Waals surface area contributed by atoms with Crippen LogP contribution in [-0.4, -0.2) is 51.8 Å². The van der Waals surface area contributed by atoms with Crippen LogP contribution in [-0.2, 0) is 11.4 Å². The topological polar surface area (TPSA) is 76.6 Å². The lowest BCUT2D eigenvalue weighted by atomic mass is 9.84. The average Bonchev–Trinajstić information content (AvgIpc) is 3.30. The summed E-state index contributed by atoms with van der Waals surface area (Å²) in [7, 11) is 0. The van der Waals surface area contributed by atoms with Gasteiger partial charge in [-0.3, -0.25) is 4.90 Å². The molecule has 1 aliphatic rings. The van der Waals surface area contributed by atoms with E-state index in [2.05, 4.69) is 67.9 Å². The zero-order chi connectivity index (χ0) is 26.3. The van der Waals surface area contributed by atoms with Crippen molar-refractivity contribution in [2.75, 3.05) is 26.2 Å². The maximum absolute atomic E-state index is 13.7. The molecule has 37 heavy (non-hydrogen) atoms. The van der Waals surface area contributed by atoms with Gasteiger partial charge in [0, 0.05) is 37.9 Å². The van der Waals surface area contributed by atoms with Crippen LogP contribution in [0.4, 0.5) is 4.79 Å². The molecule has 1 atom stereocenters. The second-order valence-electron chi connectivity index (χ2n) is 10.9. The quantitative estimate of drug-likeness (QED) is 0.395. The van der Waals surface area contributed by atoms with Crippen molar-refractivity contribution in [3.63, 3.8) is 0 Å². The second-order valence-corrected chi connectivity index (χ2v) is 10.9. The molecule has 7 nitrogen and oxygen atoms in total. The molecule has 1 saturated heterocycles. The molecule has 0 unspecified atom stereocenters. The highest BCUT2D eigenvalue weighted by Crippen LogP contribution is 2.39. The standard InChI is InChI=1S/C30H41N5O2/c1-30(2,3)27(35(21-13-18-31)29(36)37-34-19-11-6-12-20-34)28-32-26(25-16-9-5-10-17-25)23-33(28)22-24-14-7-4-8-15-24/h4-5,7-10,14-17,23,27H,6,11-13,18-22,31H2,1-3H3/t27-/m0/s1. The molecule has 2 N–H and O–H groups in total. The fourth-order valence-corrected chi connectivity index (χ4v) is 5.00. The van der Waals surface area contributed by atoms with E-state index < -0.39 is 0 Å². The number of hydrogen-bond acceptors (Lipinski definition) is 5. The third-order valence-corrected chi connectivity index (χ3v) is 6.81. The van der Waals surface area contributed by atoms with Gasteiger partial charge >= 0.3 is 6.09 Å². The molecule has 2 heterocycles. The van der Waals surface area contributed by atoms with Crippen LogP contribution in [0.2, 0.25) is 0 Å². The van der Waals surface area contributed by atoms with E-state index in [-0.39, 0.29) is 17.6 Å². The Morgan fingerprint density at radius 2 is 1.68 bits per heavy atom. The van der Waals surface area contributed by atoms with Crippen LogP contribution in [0.15, 0.2) is 66.9 Å². The fraction of sp³-hybridized carbons (Fsp3) is 0.467. The van der Waals surface area contributed by atoms with Crippen molar-refractivity contribution in [3.8, 4) is 11.3 Å². The highest BCUT2D eigenvalue weighted by molar-refractivity contribution is 5.68. The first kappa shape index (κ1) is 26.9. The van der Waals surface area contributed by atoms with E-state index in [0.717, 1.165) is 43.0 Å². The summed E-state index contributed by atoms with van der Waals surface area (Å²) in [5.74, 6) is 0.850. The van der Waals surface area contributed by atoms with E-state index in [1.165, 1.54) is 12.0 Å². The Morgan fingerprint density at radius 3 is 2.30 bits per heavy atom. The number of carbonyl (C=O) groups is 1. The van der Waals surface area contributed by atoms with Crippen LogP contribution in [0.5, 0.6) is 0 Å². The molecule has 1 aromatic heterocycles. The van der Waals surface area contributed by atoms with E-state index in [1.807, 2.05) is 34.2 Å². The van der Waals surface area contributed by atoms with Crippen molar-refractivity contribution in [1.82, 2.24) is 19.5 Å². The van der Waals surface area contributed by atoms with Gasteiger partial charge in [-0.2, -0.15) is 0 Å². The van der Waals surface area contributed by atoms with Crippen LogP contribution < -0.4 is 5.73 Å². The summed E-state index contributed by atoms with van der Waals surface area (Å²) in [6.07, 6.45) is 5.72. The zero-order valence-electron chi connectivity index (χ0n) is 22.5. The van der Waals surface area contributed by atoms with Gasteiger partial charge in [0.15, 0.2) is 0 Å². The molecule has 1 amide bonds. The zero-order valence-corrected chi connectivity index (χ0v) is 22.5. The van der Waals surface area contributed by atoms with E-state index >= 15 is 0 Å². The van der Waals surface area contributed by atoms with Crippen molar-refractivity contribution < 1.29 is 9.63 Å². The first-order valence-corrected chi connectivity index (χ1v) is 13.5. The number of carbonyl (C=O) groups excluding carboxylic acids is 1. The molecule has 0 spiro atoms. The summed E-state index contributed by atoms with van der Waals surface area (Å²) in [5.41, 5.74) is 8.73. The number of imidazole rings is 1. The van der Waals surface area contributed by atoms with E-state index in [0.29, 0.717) is 26.1 Å². The molecule has 0 bridgehead atoms. The van der Waals surface area contributed by atoms with Gasteiger partial charge in [-0.25, -0.2) is 9.78 Å². The first-order valence-electron chi connectivity index (χ1n) is 13.5. The molecule has 1 fully saturated rings. The van der Waals surface area contributed by atoms with Crippen molar-refractivity contribution in [1.29, 1.82) is 0 Å². The largest absolute Gasteiger partial charge is 0.429 e. The Hall–Kier alpha value is -3.16. The van der Waals surface area contributed by atoms with Gasteiger partial charge in [0.2, 0.25) is 0 Å². The smallest absolute Gasteiger partial charge is 0.351 e. The van der Waals surface area contributed by atoms with Gasteiger partial charge in [0.05, 0.1) is 11.7 Å². The van der Waals surface area contributed by atoms with Gasteiger partial charge in [-0.15, -0.1) is 5.06 Å². The molecule has 3 aromatic rings. The highest BCUT2D eigenvalue weighted by Gasteiger charge is 2.39.